The highest BCUT2D eigenvalue weighted by Crippen LogP contribution is 2.32. The maximum Gasteiger partial charge on any atom is 0.154 e. The predicted octanol–water partition coefficient (Wildman–Crippen LogP) is 3.98. The van der Waals surface area contributed by atoms with E-state index in [1.165, 1.54) is 5.56 Å². The Balaban J connectivity index is 2.53. The van der Waals surface area contributed by atoms with Crippen LogP contribution >= 0.6 is 30.3 Å². The van der Waals surface area contributed by atoms with Gasteiger partial charge in [0.25, 0.3) is 0 Å². The second-order valence-electron chi connectivity index (χ2n) is 3.56. The Kier molecular flexibility index (Phi) is 3.96. The van der Waals surface area contributed by atoms with E-state index < -0.39 is 0 Å². The monoisotopic (exact) mass is 348 g/mol. The van der Waals surface area contributed by atoms with Crippen molar-refractivity contribution in [1.29, 1.82) is 0 Å². The van der Waals surface area contributed by atoms with Crippen molar-refractivity contribution in [2.75, 3.05) is 6.61 Å². The van der Waals surface area contributed by atoms with E-state index in [4.69, 9.17) is 4.74 Å². The number of rotatable bonds is 4. The van der Waals surface area contributed by atoms with Crippen LogP contribution in [-0.4, -0.2) is 15.6 Å². The van der Waals surface area contributed by atoms with Crippen molar-refractivity contribution < 1.29 is 4.74 Å². The van der Waals surface area contributed by atoms with E-state index in [0.717, 1.165) is 29.8 Å². The van der Waals surface area contributed by atoms with Crippen molar-refractivity contribution in [3.63, 3.8) is 0 Å². The molecule has 0 aliphatic carbocycles. The highest BCUT2D eigenvalue weighted by Gasteiger charge is 2.11. The molecule has 0 aliphatic heterocycles. The highest BCUT2D eigenvalue weighted by molar-refractivity contribution is 14.2. The van der Waals surface area contributed by atoms with Gasteiger partial charge in [-0.2, -0.15) is 0 Å². The molecule has 0 aromatic carbocycles. The van der Waals surface area contributed by atoms with Crippen LogP contribution in [0.25, 0.3) is 11.0 Å². The van der Waals surface area contributed by atoms with Gasteiger partial charge in [0.1, 0.15) is 5.75 Å². The van der Waals surface area contributed by atoms with Gasteiger partial charge in [0.15, 0.2) is 5.65 Å². The average Bonchev–Trinajstić information content (AvgIpc) is 2.64. The molecule has 0 unspecified atom stereocenters. The number of fused-ring (bicyclic) bond motifs is 1. The standard InChI is InChI=1S/C11H13IN2OS/c1-3-6-15-9-4-5-13-11-10(9)8(2)7-14(11)16-12/h4-5,7H,3,6H2,1-2H3. The normalized spacial score (nSPS) is 10.9. The lowest BCUT2D eigenvalue weighted by molar-refractivity contribution is 0.321. The van der Waals surface area contributed by atoms with Crippen molar-refractivity contribution in [3.8, 4) is 5.75 Å². The minimum Gasteiger partial charge on any atom is -0.493 e. The molecule has 5 heteroatoms. The third kappa shape index (κ3) is 2.15. The summed E-state index contributed by atoms with van der Waals surface area (Å²) >= 11 is 2.25. The molecule has 16 heavy (non-hydrogen) atoms. The zero-order valence-corrected chi connectivity index (χ0v) is 12.2. The van der Waals surface area contributed by atoms with E-state index in [1.54, 1.807) is 15.3 Å². The molecular weight excluding hydrogens is 335 g/mol. The maximum atomic E-state index is 5.74. The van der Waals surface area contributed by atoms with Gasteiger partial charge in [-0.3, -0.25) is 3.97 Å². The van der Waals surface area contributed by atoms with Crippen molar-refractivity contribution in [3.05, 3.63) is 24.0 Å². The summed E-state index contributed by atoms with van der Waals surface area (Å²) in [6.45, 7) is 4.95. The second-order valence-corrected chi connectivity index (χ2v) is 5.28. The summed E-state index contributed by atoms with van der Waals surface area (Å²) in [5, 5.41) is 1.13. The molecule has 2 aromatic heterocycles. The van der Waals surface area contributed by atoms with Crippen LogP contribution < -0.4 is 4.74 Å². The summed E-state index contributed by atoms with van der Waals surface area (Å²) in [5.41, 5.74) is 2.18. The smallest absolute Gasteiger partial charge is 0.154 e. The minimum atomic E-state index is 0.751. The number of ether oxygens (including phenoxy) is 1. The fourth-order valence-electron chi connectivity index (χ4n) is 1.66. The Bertz CT molecular complexity index is 498. The fourth-order valence-corrected chi connectivity index (χ4v) is 2.96. The van der Waals surface area contributed by atoms with Gasteiger partial charge >= 0.3 is 0 Å². The van der Waals surface area contributed by atoms with Crippen LogP contribution in [0.15, 0.2) is 18.5 Å². The van der Waals surface area contributed by atoms with Gasteiger partial charge in [-0.25, -0.2) is 4.98 Å². The van der Waals surface area contributed by atoms with E-state index in [2.05, 4.69) is 50.2 Å². The van der Waals surface area contributed by atoms with Gasteiger partial charge in [-0.1, -0.05) is 6.92 Å². The van der Waals surface area contributed by atoms with Gasteiger partial charge in [0.2, 0.25) is 0 Å². The molecule has 3 nitrogen and oxygen atoms in total. The van der Waals surface area contributed by atoms with E-state index in [-0.39, 0.29) is 0 Å². The van der Waals surface area contributed by atoms with Crippen LogP contribution in [0.3, 0.4) is 0 Å². The number of halogens is 1. The lowest BCUT2D eigenvalue weighted by Crippen LogP contribution is -1.96. The number of aryl methyl sites for hydroxylation is 1. The Morgan fingerprint density at radius 1 is 1.56 bits per heavy atom. The Morgan fingerprint density at radius 3 is 3.06 bits per heavy atom. The zero-order valence-electron chi connectivity index (χ0n) is 9.24. The van der Waals surface area contributed by atoms with Crippen molar-refractivity contribution in [2.45, 2.75) is 20.3 Å². The van der Waals surface area contributed by atoms with E-state index in [9.17, 15) is 0 Å². The molecule has 0 saturated heterocycles. The first-order valence-electron chi connectivity index (χ1n) is 5.16. The van der Waals surface area contributed by atoms with Crippen molar-refractivity contribution >= 4 is 41.4 Å². The van der Waals surface area contributed by atoms with Crippen molar-refractivity contribution in [1.82, 2.24) is 8.96 Å². The SMILES string of the molecule is CCCOc1ccnc2c1c(C)cn2SI. The first-order valence-corrected chi connectivity index (χ1v) is 8.48. The molecule has 0 radical (unpaired) electrons. The number of nitrogens with zero attached hydrogens (tertiary/aromatic N) is 2. The Hall–Kier alpha value is -0.430. The molecule has 0 N–H and O–H groups in total. The second kappa shape index (κ2) is 5.27. The number of hydrogen-bond acceptors (Lipinski definition) is 3. The molecule has 86 valence electrons. The van der Waals surface area contributed by atoms with Crippen LogP contribution in [-0.2, 0) is 0 Å². The summed E-state index contributed by atoms with van der Waals surface area (Å²) in [5.74, 6) is 0.938. The number of hydrogen-bond donors (Lipinski definition) is 0. The first kappa shape index (κ1) is 12.0. The molecule has 0 saturated carbocycles. The third-order valence-corrected chi connectivity index (χ3v) is 4.04. The fraction of sp³-hybridized carbons (Fsp3) is 0.364. The zero-order chi connectivity index (χ0) is 11.5. The summed E-state index contributed by atoms with van der Waals surface area (Å²) in [4.78, 5) is 4.40. The molecule has 0 fully saturated rings. The van der Waals surface area contributed by atoms with E-state index in [1.807, 2.05) is 6.07 Å². The van der Waals surface area contributed by atoms with Crippen LogP contribution in [0.2, 0.25) is 0 Å². The van der Waals surface area contributed by atoms with Crippen LogP contribution in [0, 0.1) is 6.92 Å². The molecule has 0 amide bonds. The van der Waals surface area contributed by atoms with Crippen LogP contribution in [0.5, 0.6) is 5.75 Å². The number of pyridine rings is 1. The van der Waals surface area contributed by atoms with Gasteiger partial charge in [-0.15, -0.1) is 0 Å². The molecule has 0 atom stereocenters. The van der Waals surface area contributed by atoms with Gasteiger partial charge in [0.05, 0.1) is 12.0 Å². The molecule has 0 bridgehead atoms. The largest absolute Gasteiger partial charge is 0.493 e. The average molecular weight is 348 g/mol. The molecule has 2 heterocycles. The minimum absolute atomic E-state index is 0.751. The molecule has 0 spiro atoms. The third-order valence-electron chi connectivity index (χ3n) is 2.34. The molecule has 0 aliphatic rings. The number of aromatic nitrogens is 2. The van der Waals surface area contributed by atoms with Crippen molar-refractivity contribution in [2.24, 2.45) is 0 Å². The van der Waals surface area contributed by atoms with Gasteiger partial charge in [0, 0.05) is 42.7 Å². The molecular formula is C11H13IN2OS. The first-order chi connectivity index (χ1) is 7.77. The van der Waals surface area contributed by atoms with Crippen LogP contribution in [0.1, 0.15) is 18.9 Å². The quantitative estimate of drug-likeness (QED) is 0.782. The van der Waals surface area contributed by atoms with Crippen LogP contribution in [0.4, 0.5) is 0 Å². The summed E-state index contributed by atoms with van der Waals surface area (Å²) in [6, 6.07) is 1.94. The lowest BCUT2D eigenvalue weighted by atomic mass is 10.2. The Labute approximate surface area is 111 Å². The summed E-state index contributed by atoms with van der Waals surface area (Å²) in [6.07, 6.45) is 4.91. The molecule has 2 aromatic rings. The topological polar surface area (TPSA) is 27.1 Å². The van der Waals surface area contributed by atoms with Gasteiger partial charge < -0.3 is 4.74 Å². The lowest BCUT2D eigenvalue weighted by Gasteiger charge is -2.06. The Morgan fingerprint density at radius 2 is 2.38 bits per heavy atom. The van der Waals surface area contributed by atoms with E-state index >= 15 is 0 Å². The summed E-state index contributed by atoms with van der Waals surface area (Å²) < 4.78 is 7.80. The maximum absolute atomic E-state index is 5.74. The predicted molar refractivity (Wildman–Crippen MR) is 77.3 cm³/mol. The van der Waals surface area contributed by atoms with Gasteiger partial charge in [-0.05, 0) is 25.0 Å². The summed E-state index contributed by atoms with van der Waals surface area (Å²) in [7, 11) is 1.62. The molecule has 2 rings (SSSR count). The highest BCUT2D eigenvalue weighted by atomic mass is 127. The van der Waals surface area contributed by atoms with E-state index in [0.29, 0.717) is 0 Å².